The molecule has 0 aromatic heterocycles. The maximum atomic E-state index is 10.9. The average Bonchev–Trinajstić information content (AvgIpc) is 2.32. The van der Waals surface area contributed by atoms with Gasteiger partial charge >= 0.3 is 5.97 Å². The first-order valence-corrected chi connectivity index (χ1v) is 6.15. The Bertz CT molecular complexity index is 398. The molecule has 0 fully saturated rings. The molecule has 1 N–H and O–H groups in total. The van der Waals surface area contributed by atoms with Gasteiger partial charge in [0.15, 0.2) is 0 Å². The fourth-order valence-electron chi connectivity index (χ4n) is 1.75. The quantitative estimate of drug-likeness (QED) is 0.828. The molecule has 0 aliphatic carbocycles. The van der Waals surface area contributed by atoms with Crippen molar-refractivity contribution >= 4 is 23.3 Å². The minimum absolute atomic E-state index is 0.0504. The topological polar surface area (TPSA) is 49.8 Å². The van der Waals surface area contributed by atoms with Gasteiger partial charge in [0.25, 0.3) is 0 Å². The fourth-order valence-corrected chi connectivity index (χ4v) is 1.93. The van der Waals surface area contributed by atoms with Crippen LogP contribution in [0, 0.1) is 0 Å². The number of nitrogens with zero attached hydrogens (tertiary/aromatic N) is 1. The molecule has 1 aromatic rings. The number of aliphatic carboxylic acids is 1. The van der Waals surface area contributed by atoms with Crippen LogP contribution in [0.3, 0.4) is 0 Å². The number of benzene rings is 1. The monoisotopic (exact) mass is 271 g/mol. The van der Waals surface area contributed by atoms with Crippen LogP contribution >= 0.6 is 11.6 Å². The number of rotatable bonds is 7. The van der Waals surface area contributed by atoms with Crippen molar-refractivity contribution in [1.29, 1.82) is 0 Å². The lowest BCUT2D eigenvalue weighted by Gasteiger charge is -2.29. The van der Waals surface area contributed by atoms with Gasteiger partial charge in [-0.2, -0.15) is 0 Å². The van der Waals surface area contributed by atoms with Crippen LogP contribution in [0.15, 0.2) is 24.3 Å². The fraction of sp³-hybridized carbons (Fsp3) is 0.462. The molecule has 0 aliphatic rings. The SMILES string of the molecule is COCCC(C)N(CC(=O)O)c1cccc(Cl)c1. The highest BCUT2D eigenvalue weighted by atomic mass is 35.5. The Hall–Kier alpha value is -1.26. The number of carboxylic acids is 1. The first-order chi connectivity index (χ1) is 8.54. The molecule has 100 valence electrons. The summed E-state index contributed by atoms with van der Waals surface area (Å²) in [5.41, 5.74) is 0.813. The first kappa shape index (κ1) is 14.8. The molecule has 0 radical (unpaired) electrons. The van der Waals surface area contributed by atoms with Crippen LogP contribution in [0.1, 0.15) is 13.3 Å². The number of halogens is 1. The second-order valence-electron chi connectivity index (χ2n) is 4.13. The van der Waals surface area contributed by atoms with Crippen LogP contribution in [0.25, 0.3) is 0 Å². The van der Waals surface area contributed by atoms with Gasteiger partial charge in [0.1, 0.15) is 6.54 Å². The average molecular weight is 272 g/mol. The standard InChI is InChI=1S/C13H18ClNO3/c1-10(6-7-18-2)15(9-13(16)17)12-5-3-4-11(14)8-12/h3-5,8,10H,6-7,9H2,1-2H3,(H,16,17). The van der Waals surface area contributed by atoms with E-state index in [-0.39, 0.29) is 12.6 Å². The second-order valence-corrected chi connectivity index (χ2v) is 4.57. The lowest BCUT2D eigenvalue weighted by molar-refractivity contribution is -0.135. The van der Waals surface area contributed by atoms with Gasteiger partial charge in [-0.1, -0.05) is 17.7 Å². The van der Waals surface area contributed by atoms with Crippen LogP contribution in [-0.4, -0.2) is 37.4 Å². The zero-order valence-corrected chi connectivity index (χ0v) is 11.4. The molecule has 0 saturated heterocycles. The third-order valence-corrected chi connectivity index (χ3v) is 2.95. The molecule has 4 nitrogen and oxygen atoms in total. The summed E-state index contributed by atoms with van der Waals surface area (Å²) >= 11 is 5.94. The zero-order valence-electron chi connectivity index (χ0n) is 10.6. The summed E-state index contributed by atoms with van der Waals surface area (Å²) in [4.78, 5) is 12.8. The maximum absolute atomic E-state index is 10.9. The molecular formula is C13H18ClNO3. The molecule has 1 rings (SSSR count). The molecule has 0 bridgehead atoms. The number of hydrogen-bond acceptors (Lipinski definition) is 3. The van der Waals surface area contributed by atoms with Gasteiger partial charge in [-0.25, -0.2) is 0 Å². The van der Waals surface area contributed by atoms with Crippen LogP contribution in [0.2, 0.25) is 5.02 Å². The van der Waals surface area contributed by atoms with E-state index in [0.717, 1.165) is 12.1 Å². The Morgan fingerprint density at radius 2 is 2.28 bits per heavy atom. The Morgan fingerprint density at radius 1 is 1.56 bits per heavy atom. The number of ether oxygens (including phenoxy) is 1. The molecule has 18 heavy (non-hydrogen) atoms. The van der Waals surface area contributed by atoms with Crippen LogP contribution < -0.4 is 4.90 Å². The summed E-state index contributed by atoms with van der Waals surface area (Å²) in [5, 5.41) is 9.58. The van der Waals surface area contributed by atoms with Crippen molar-refractivity contribution in [3.05, 3.63) is 29.3 Å². The van der Waals surface area contributed by atoms with Gasteiger partial charge in [0.05, 0.1) is 0 Å². The first-order valence-electron chi connectivity index (χ1n) is 5.77. The number of anilines is 1. The van der Waals surface area contributed by atoms with Gasteiger partial charge in [0.2, 0.25) is 0 Å². The Kier molecular flexibility index (Phi) is 5.95. The summed E-state index contributed by atoms with van der Waals surface area (Å²) < 4.78 is 5.03. The van der Waals surface area contributed by atoms with Crippen LogP contribution in [-0.2, 0) is 9.53 Å². The van der Waals surface area contributed by atoms with Crippen molar-refractivity contribution in [2.75, 3.05) is 25.2 Å². The third-order valence-electron chi connectivity index (χ3n) is 2.72. The Labute approximate surface area is 112 Å². The lowest BCUT2D eigenvalue weighted by Crippen LogP contribution is -2.38. The van der Waals surface area contributed by atoms with Crippen molar-refractivity contribution in [3.63, 3.8) is 0 Å². The molecular weight excluding hydrogens is 254 g/mol. The van der Waals surface area contributed by atoms with Crippen molar-refractivity contribution in [1.82, 2.24) is 0 Å². The molecule has 0 amide bonds. The highest BCUT2D eigenvalue weighted by Crippen LogP contribution is 2.22. The van der Waals surface area contributed by atoms with E-state index in [0.29, 0.717) is 11.6 Å². The predicted octanol–water partition coefficient (Wildman–Crippen LogP) is 2.66. The molecule has 0 spiro atoms. The molecule has 5 heteroatoms. The smallest absolute Gasteiger partial charge is 0.323 e. The van der Waals surface area contributed by atoms with E-state index in [1.165, 1.54) is 0 Å². The minimum Gasteiger partial charge on any atom is -0.480 e. The summed E-state index contributed by atoms with van der Waals surface area (Å²) in [7, 11) is 1.63. The highest BCUT2D eigenvalue weighted by Gasteiger charge is 2.17. The molecule has 1 aromatic carbocycles. The van der Waals surface area contributed by atoms with Gasteiger partial charge in [-0.15, -0.1) is 0 Å². The van der Waals surface area contributed by atoms with Gasteiger partial charge < -0.3 is 14.7 Å². The van der Waals surface area contributed by atoms with Gasteiger partial charge in [-0.3, -0.25) is 4.79 Å². The zero-order chi connectivity index (χ0) is 13.5. The Morgan fingerprint density at radius 3 is 2.83 bits per heavy atom. The molecule has 0 aliphatic heterocycles. The highest BCUT2D eigenvalue weighted by molar-refractivity contribution is 6.30. The van der Waals surface area contributed by atoms with E-state index in [1.54, 1.807) is 19.2 Å². The summed E-state index contributed by atoms with van der Waals surface area (Å²) in [6.45, 7) is 2.52. The minimum atomic E-state index is -0.862. The van der Waals surface area contributed by atoms with Crippen molar-refractivity contribution in [3.8, 4) is 0 Å². The van der Waals surface area contributed by atoms with E-state index in [9.17, 15) is 4.79 Å². The third kappa shape index (κ3) is 4.55. The van der Waals surface area contributed by atoms with Gasteiger partial charge in [0, 0.05) is 30.5 Å². The number of hydrogen-bond donors (Lipinski definition) is 1. The van der Waals surface area contributed by atoms with E-state index in [1.807, 2.05) is 24.0 Å². The summed E-state index contributed by atoms with van der Waals surface area (Å²) in [6.07, 6.45) is 0.760. The maximum Gasteiger partial charge on any atom is 0.323 e. The van der Waals surface area contributed by atoms with Crippen LogP contribution in [0.5, 0.6) is 0 Å². The number of carbonyl (C=O) groups is 1. The van der Waals surface area contributed by atoms with E-state index < -0.39 is 5.97 Å². The van der Waals surface area contributed by atoms with E-state index >= 15 is 0 Å². The van der Waals surface area contributed by atoms with E-state index in [2.05, 4.69) is 0 Å². The summed E-state index contributed by atoms with van der Waals surface area (Å²) in [6, 6.07) is 7.28. The van der Waals surface area contributed by atoms with Crippen molar-refractivity contribution in [2.45, 2.75) is 19.4 Å². The van der Waals surface area contributed by atoms with Gasteiger partial charge in [-0.05, 0) is 31.5 Å². The second kappa shape index (κ2) is 7.24. The van der Waals surface area contributed by atoms with Crippen molar-refractivity contribution < 1.29 is 14.6 Å². The molecule has 0 heterocycles. The predicted molar refractivity (Wildman–Crippen MR) is 72.4 cm³/mol. The molecule has 1 unspecified atom stereocenters. The number of carboxylic acid groups (broad SMARTS) is 1. The summed E-state index contributed by atoms with van der Waals surface area (Å²) in [5.74, 6) is -0.862. The Balaban J connectivity index is 2.86. The van der Waals surface area contributed by atoms with Crippen LogP contribution in [0.4, 0.5) is 5.69 Å². The molecule has 1 atom stereocenters. The largest absolute Gasteiger partial charge is 0.480 e. The van der Waals surface area contributed by atoms with E-state index in [4.69, 9.17) is 21.4 Å². The number of methoxy groups -OCH3 is 1. The molecule has 0 saturated carbocycles. The normalized spacial score (nSPS) is 12.2. The van der Waals surface area contributed by atoms with Crippen molar-refractivity contribution in [2.24, 2.45) is 0 Å². The lowest BCUT2D eigenvalue weighted by atomic mass is 10.1.